The second-order valence-electron chi connectivity index (χ2n) is 7.92. The summed E-state index contributed by atoms with van der Waals surface area (Å²) in [6.07, 6.45) is 5.79. The van der Waals surface area contributed by atoms with Crippen molar-refractivity contribution in [3.63, 3.8) is 0 Å². The third-order valence-electron chi connectivity index (χ3n) is 4.99. The van der Waals surface area contributed by atoms with Gasteiger partial charge >= 0.3 is 5.97 Å². The van der Waals surface area contributed by atoms with Crippen LogP contribution in [0.15, 0.2) is 66.3 Å². The maximum absolute atomic E-state index is 12.6. The molecule has 0 saturated carbocycles. The summed E-state index contributed by atoms with van der Waals surface area (Å²) < 4.78 is 0. The quantitative estimate of drug-likeness (QED) is 0.337. The Morgan fingerprint density at radius 2 is 1.94 bits per heavy atom. The van der Waals surface area contributed by atoms with Gasteiger partial charge in [0.1, 0.15) is 0 Å². The third-order valence-corrected chi connectivity index (χ3v) is 4.99. The molecule has 6 heteroatoms. The summed E-state index contributed by atoms with van der Waals surface area (Å²) in [5.74, 6) is -1.49. The summed E-state index contributed by atoms with van der Waals surface area (Å²) in [4.78, 5) is 26.2. The fourth-order valence-corrected chi connectivity index (χ4v) is 3.59. The maximum Gasteiger partial charge on any atom is 0.354 e. The fraction of sp³-hybridized carbons (Fsp3) is 0.240. The first kappa shape index (κ1) is 22.0. The lowest BCUT2D eigenvalue weighted by Crippen LogP contribution is -2.25. The molecule has 0 radical (unpaired) electrons. The van der Waals surface area contributed by atoms with Crippen molar-refractivity contribution in [1.29, 1.82) is 5.41 Å². The number of allylic oxidation sites excluding steroid dienone is 2. The van der Waals surface area contributed by atoms with E-state index in [0.717, 1.165) is 25.1 Å². The van der Waals surface area contributed by atoms with E-state index >= 15 is 0 Å². The number of carboxylic acid groups (broad SMARTS) is 1. The molecule has 0 spiro atoms. The Hall–Kier alpha value is -3.67. The van der Waals surface area contributed by atoms with Crippen LogP contribution in [-0.4, -0.2) is 35.8 Å². The molecule has 0 aromatic heterocycles. The molecular weight excluding hydrogens is 390 g/mol. The normalized spacial score (nSPS) is 13.5. The van der Waals surface area contributed by atoms with Gasteiger partial charge in [0, 0.05) is 24.5 Å². The fourth-order valence-electron chi connectivity index (χ4n) is 3.59. The smallest absolute Gasteiger partial charge is 0.354 e. The molecule has 1 aliphatic heterocycles. The number of rotatable bonds is 8. The number of nitrogens with zero attached hydrogens (tertiary/aromatic N) is 1. The number of aliphatic carboxylic acids is 1. The standard InChI is InChI=1S/C25H27N3O3/c1-17(2)16-28-14-13-19-15-18(11-12-22(19)28)7-6-10-21(23(26)25(30)31)24(29)27-20-8-4-3-5-9-20/h3-12,15,17,26H,13-14,16H2,1-2H3,(H,27,29)(H,30,31)/b7-6+,21-10-,26-23?. The van der Waals surface area contributed by atoms with Crippen molar-refractivity contribution >= 4 is 35.0 Å². The number of fused-ring (bicyclic) bond motifs is 1. The number of anilines is 2. The van der Waals surface area contributed by atoms with Crippen molar-refractivity contribution in [3.8, 4) is 0 Å². The van der Waals surface area contributed by atoms with Gasteiger partial charge in [0.25, 0.3) is 5.91 Å². The van der Waals surface area contributed by atoms with Crippen LogP contribution >= 0.6 is 0 Å². The molecule has 0 bridgehead atoms. The molecular formula is C25H27N3O3. The molecule has 0 fully saturated rings. The molecule has 0 atom stereocenters. The summed E-state index contributed by atoms with van der Waals surface area (Å²) in [5, 5.41) is 19.6. The van der Waals surface area contributed by atoms with Gasteiger partial charge in [-0.2, -0.15) is 0 Å². The number of hydrogen-bond donors (Lipinski definition) is 3. The number of benzene rings is 2. The second kappa shape index (κ2) is 9.89. The van der Waals surface area contributed by atoms with E-state index in [1.54, 1.807) is 30.3 Å². The van der Waals surface area contributed by atoms with Gasteiger partial charge in [-0.05, 0) is 53.8 Å². The number of nitrogens with one attached hydrogen (secondary N) is 2. The lowest BCUT2D eigenvalue weighted by atomic mass is 10.1. The van der Waals surface area contributed by atoms with Gasteiger partial charge in [0.15, 0.2) is 5.71 Å². The molecule has 0 unspecified atom stereocenters. The van der Waals surface area contributed by atoms with Gasteiger partial charge in [0.2, 0.25) is 0 Å². The van der Waals surface area contributed by atoms with Crippen molar-refractivity contribution in [3.05, 3.63) is 77.4 Å². The maximum atomic E-state index is 12.6. The van der Waals surface area contributed by atoms with E-state index in [-0.39, 0.29) is 5.57 Å². The van der Waals surface area contributed by atoms with E-state index in [4.69, 9.17) is 5.41 Å². The largest absolute Gasteiger partial charge is 0.477 e. The Bertz CT molecular complexity index is 1040. The SMILES string of the molecule is CC(C)CN1CCc2cc(/C=C/C=C(/C(=N)C(=O)O)C(=O)Nc3ccccc3)ccc21. The highest BCUT2D eigenvalue weighted by atomic mass is 16.4. The van der Waals surface area contributed by atoms with Crippen molar-refractivity contribution < 1.29 is 14.7 Å². The van der Waals surface area contributed by atoms with Gasteiger partial charge in [0.05, 0.1) is 5.57 Å². The number of carbonyl (C=O) groups excluding carboxylic acids is 1. The molecule has 160 valence electrons. The van der Waals surface area contributed by atoms with E-state index in [2.05, 4.69) is 36.2 Å². The Morgan fingerprint density at radius 1 is 1.19 bits per heavy atom. The Kier molecular flexibility index (Phi) is 7.03. The zero-order valence-electron chi connectivity index (χ0n) is 17.8. The van der Waals surface area contributed by atoms with Gasteiger partial charge < -0.3 is 15.3 Å². The summed E-state index contributed by atoms with van der Waals surface area (Å²) in [5.41, 5.74) is 3.08. The molecule has 31 heavy (non-hydrogen) atoms. The molecule has 0 aliphatic carbocycles. The number of carboxylic acids is 1. The Morgan fingerprint density at radius 3 is 2.61 bits per heavy atom. The van der Waals surface area contributed by atoms with Gasteiger partial charge in [-0.3, -0.25) is 10.2 Å². The lowest BCUT2D eigenvalue weighted by Gasteiger charge is -2.21. The minimum absolute atomic E-state index is 0.211. The van der Waals surface area contributed by atoms with E-state index in [1.807, 2.05) is 18.2 Å². The summed E-state index contributed by atoms with van der Waals surface area (Å²) >= 11 is 0. The summed E-state index contributed by atoms with van der Waals surface area (Å²) in [6, 6.07) is 15.0. The van der Waals surface area contributed by atoms with Crippen LogP contribution in [0.4, 0.5) is 11.4 Å². The molecule has 1 amide bonds. The van der Waals surface area contributed by atoms with Crippen LogP contribution in [0, 0.1) is 11.3 Å². The third kappa shape index (κ3) is 5.69. The molecule has 3 N–H and O–H groups in total. The van der Waals surface area contributed by atoms with Gasteiger partial charge in [-0.1, -0.05) is 50.3 Å². The molecule has 2 aromatic carbocycles. The van der Waals surface area contributed by atoms with Crippen LogP contribution in [0.5, 0.6) is 0 Å². The Labute approximate surface area is 182 Å². The minimum Gasteiger partial charge on any atom is -0.477 e. The summed E-state index contributed by atoms with van der Waals surface area (Å²) in [7, 11) is 0. The van der Waals surface area contributed by atoms with E-state index in [9.17, 15) is 14.7 Å². The minimum atomic E-state index is -1.45. The van der Waals surface area contributed by atoms with Crippen molar-refractivity contribution in [2.75, 3.05) is 23.3 Å². The highest BCUT2D eigenvalue weighted by Crippen LogP contribution is 2.29. The van der Waals surface area contributed by atoms with Crippen LogP contribution in [0.1, 0.15) is 25.0 Å². The molecule has 3 rings (SSSR count). The van der Waals surface area contributed by atoms with Crippen LogP contribution in [0.3, 0.4) is 0 Å². The average molecular weight is 418 g/mol. The zero-order chi connectivity index (χ0) is 22.4. The average Bonchev–Trinajstić information content (AvgIpc) is 3.12. The van der Waals surface area contributed by atoms with E-state index in [1.165, 1.54) is 17.3 Å². The topological polar surface area (TPSA) is 93.5 Å². The Balaban J connectivity index is 1.78. The predicted molar refractivity (Wildman–Crippen MR) is 125 cm³/mol. The van der Waals surface area contributed by atoms with Crippen molar-refractivity contribution in [1.82, 2.24) is 0 Å². The molecule has 6 nitrogen and oxygen atoms in total. The first-order valence-corrected chi connectivity index (χ1v) is 10.3. The molecule has 1 aliphatic rings. The number of hydrogen-bond acceptors (Lipinski definition) is 4. The van der Waals surface area contributed by atoms with Gasteiger partial charge in [-0.25, -0.2) is 4.79 Å². The highest BCUT2D eigenvalue weighted by Gasteiger charge is 2.21. The monoisotopic (exact) mass is 417 g/mol. The zero-order valence-corrected chi connectivity index (χ0v) is 17.8. The number of amides is 1. The highest BCUT2D eigenvalue weighted by molar-refractivity contribution is 6.48. The van der Waals surface area contributed by atoms with Crippen LogP contribution in [0.2, 0.25) is 0 Å². The van der Waals surface area contributed by atoms with Crippen LogP contribution in [-0.2, 0) is 16.0 Å². The molecule has 0 saturated heterocycles. The number of carbonyl (C=O) groups is 2. The van der Waals surface area contributed by atoms with Crippen molar-refractivity contribution in [2.24, 2.45) is 5.92 Å². The summed E-state index contributed by atoms with van der Waals surface area (Å²) in [6.45, 7) is 6.46. The van der Waals surface area contributed by atoms with Crippen LogP contribution < -0.4 is 10.2 Å². The lowest BCUT2D eigenvalue weighted by molar-refractivity contribution is -0.129. The first-order valence-electron chi connectivity index (χ1n) is 10.3. The van der Waals surface area contributed by atoms with Crippen molar-refractivity contribution in [2.45, 2.75) is 20.3 Å². The molecule has 1 heterocycles. The molecule has 2 aromatic rings. The van der Waals surface area contributed by atoms with Gasteiger partial charge in [-0.15, -0.1) is 0 Å². The van der Waals surface area contributed by atoms with Crippen LogP contribution in [0.25, 0.3) is 6.08 Å². The number of para-hydroxylation sites is 1. The van der Waals surface area contributed by atoms with E-state index in [0.29, 0.717) is 11.6 Å². The van der Waals surface area contributed by atoms with E-state index < -0.39 is 17.6 Å². The second-order valence-corrected chi connectivity index (χ2v) is 7.92. The first-order chi connectivity index (χ1) is 14.8. The predicted octanol–water partition coefficient (Wildman–Crippen LogP) is 4.39.